The number of amides is 1. The van der Waals surface area contributed by atoms with Crippen LogP contribution in [0.1, 0.15) is 36.2 Å². The first-order valence-electron chi connectivity index (χ1n) is 6.46. The van der Waals surface area contributed by atoms with Gasteiger partial charge in [-0.25, -0.2) is 0 Å². The number of anilines is 1. The molecule has 1 aromatic rings. The molecule has 0 spiro atoms. The number of halogens is 3. The van der Waals surface area contributed by atoms with E-state index in [0.717, 1.165) is 12.5 Å². The minimum Gasteiger partial charge on any atom is -0.388 e. The van der Waals surface area contributed by atoms with Crippen molar-refractivity contribution in [2.75, 3.05) is 18.9 Å². The predicted octanol–water partition coefficient (Wildman–Crippen LogP) is 3.52. The molecular weight excluding hydrogens is 269 g/mol. The van der Waals surface area contributed by atoms with Crippen molar-refractivity contribution in [3.05, 3.63) is 29.3 Å². The van der Waals surface area contributed by atoms with E-state index in [1.165, 1.54) is 19.2 Å². The Morgan fingerprint density at radius 2 is 2.00 bits per heavy atom. The lowest BCUT2D eigenvalue weighted by Crippen LogP contribution is -2.28. The molecule has 1 unspecified atom stereocenters. The third kappa shape index (κ3) is 4.15. The van der Waals surface area contributed by atoms with Crippen molar-refractivity contribution in [3.63, 3.8) is 0 Å². The minimum atomic E-state index is -4.49. The van der Waals surface area contributed by atoms with Crippen molar-refractivity contribution in [2.24, 2.45) is 5.92 Å². The molecular formula is C14H19F3N2O. The Balaban J connectivity index is 2.94. The Labute approximate surface area is 116 Å². The number of benzene rings is 1. The zero-order valence-corrected chi connectivity index (χ0v) is 11.8. The number of carbonyl (C=O) groups is 1. The summed E-state index contributed by atoms with van der Waals surface area (Å²) < 4.78 is 38.6. The van der Waals surface area contributed by atoms with Crippen LogP contribution >= 0.6 is 0 Å². The van der Waals surface area contributed by atoms with Gasteiger partial charge in [0.15, 0.2) is 0 Å². The van der Waals surface area contributed by atoms with Crippen molar-refractivity contribution in [1.29, 1.82) is 0 Å². The Kier molecular flexibility index (Phi) is 5.42. The number of nitrogens with one attached hydrogen (secondary N) is 2. The second-order valence-electron chi connectivity index (χ2n) is 4.73. The smallest absolute Gasteiger partial charge is 0.388 e. The minimum absolute atomic E-state index is 0.0135. The van der Waals surface area contributed by atoms with Crippen molar-refractivity contribution in [2.45, 2.75) is 26.4 Å². The van der Waals surface area contributed by atoms with Gasteiger partial charge in [0.05, 0.1) is 5.56 Å². The van der Waals surface area contributed by atoms with Crippen LogP contribution < -0.4 is 10.6 Å². The van der Waals surface area contributed by atoms with Gasteiger partial charge in [0.2, 0.25) is 0 Å². The van der Waals surface area contributed by atoms with E-state index in [1.54, 1.807) is 0 Å². The summed E-state index contributed by atoms with van der Waals surface area (Å²) in [6, 6.07) is 3.52. The van der Waals surface area contributed by atoms with Gasteiger partial charge in [-0.1, -0.05) is 20.3 Å². The Bertz CT molecular complexity index is 472. The van der Waals surface area contributed by atoms with Crippen molar-refractivity contribution >= 4 is 11.6 Å². The van der Waals surface area contributed by atoms with E-state index < -0.39 is 17.6 Å². The van der Waals surface area contributed by atoms with Crippen molar-refractivity contribution in [3.8, 4) is 0 Å². The molecule has 20 heavy (non-hydrogen) atoms. The predicted molar refractivity (Wildman–Crippen MR) is 72.8 cm³/mol. The van der Waals surface area contributed by atoms with Gasteiger partial charge in [-0.15, -0.1) is 0 Å². The molecule has 3 nitrogen and oxygen atoms in total. The van der Waals surface area contributed by atoms with Gasteiger partial charge in [0, 0.05) is 24.8 Å². The van der Waals surface area contributed by atoms with Crippen LogP contribution in [0.15, 0.2) is 18.2 Å². The van der Waals surface area contributed by atoms with E-state index in [0.29, 0.717) is 6.54 Å². The summed E-state index contributed by atoms with van der Waals surface area (Å²) >= 11 is 0. The SMILES string of the molecule is CCC(C)CNC(=O)c1ccc(NC)c(C(F)(F)F)c1. The lowest BCUT2D eigenvalue weighted by Gasteiger charge is -2.15. The summed E-state index contributed by atoms with van der Waals surface area (Å²) in [6.07, 6.45) is -3.60. The number of hydrogen-bond acceptors (Lipinski definition) is 2. The van der Waals surface area contributed by atoms with Gasteiger partial charge in [0.25, 0.3) is 5.91 Å². The highest BCUT2D eigenvalue weighted by Gasteiger charge is 2.34. The van der Waals surface area contributed by atoms with Crippen molar-refractivity contribution in [1.82, 2.24) is 5.32 Å². The molecule has 2 N–H and O–H groups in total. The largest absolute Gasteiger partial charge is 0.418 e. The van der Waals surface area contributed by atoms with Gasteiger partial charge in [0.1, 0.15) is 0 Å². The maximum absolute atomic E-state index is 12.9. The highest BCUT2D eigenvalue weighted by atomic mass is 19.4. The number of rotatable bonds is 5. The zero-order valence-electron chi connectivity index (χ0n) is 11.8. The van der Waals surface area contributed by atoms with Gasteiger partial charge in [-0.05, 0) is 24.1 Å². The molecule has 112 valence electrons. The number of carbonyl (C=O) groups excluding carboxylic acids is 1. The first-order chi connectivity index (χ1) is 9.29. The van der Waals surface area contributed by atoms with Gasteiger partial charge in [-0.3, -0.25) is 4.79 Å². The van der Waals surface area contributed by atoms with E-state index in [-0.39, 0.29) is 17.2 Å². The first kappa shape index (κ1) is 16.3. The third-order valence-electron chi connectivity index (χ3n) is 3.16. The summed E-state index contributed by atoms with van der Waals surface area (Å²) in [5.74, 6) is -0.198. The van der Waals surface area contributed by atoms with Gasteiger partial charge >= 0.3 is 6.18 Å². The van der Waals surface area contributed by atoms with Gasteiger partial charge < -0.3 is 10.6 Å². The quantitative estimate of drug-likeness (QED) is 0.870. The van der Waals surface area contributed by atoms with Crippen LogP contribution in [0.3, 0.4) is 0 Å². The molecule has 0 aliphatic heterocycles. The molecule has 0 heterocycles. The van der Waals surface area contributed by atoms with Crippen LogP contribution in [0.25, 0.3) is 0 Å². The van der Waals surface area contributed by atoms with Crippen LogP contribution in [0.4, 0.5) is 18.9 Å². The summed E-state index contributed by atoms with van der Waals surface area (Å²) in [4.78, 5) is 11.8. The van der Waals surface area contributed by atoms with Crippen LogP contribution in [0.5, 0.6) is 0 Å². The highest BCUT2D eigenvalue weighted by molar-refractivity contribution is 5.95. The molecule has 1 amide bonds. The van der Waals surface area contributed by atoms with E-state index in [4.69, 9.17) is 0 Å². The highest BCUT2D eigenvalue weighted by Crippen LogP contribution is 2.35. The Morgan fingerprint density at radius 1 is 1.35 bits per heavy atom. The summed E-state index contributed by atoms with van der Waals surface area (Å²) in [5, 5.41) is 5.11. The fourth-order valence-electron chi connectivity index (χ4n) is 1.65. The Morgan fingerprint density at radius 3 is 2.50 bits per heavy atom. The lowest BCUT2D eigenvalue weighted by atomic mass is 10.1. The van der Waals surface area contributed by atoms with E-state index >= 15 is 0 Å². The molecule has 0 bridgehead atoms. The molecule has 6 heteroatoms. The normalized spacial score (nSPS) is 12.9. The summed E-state index contributed by atoms with van der Waals surface area (Å²) in [7, 11) is 1.41. The standard InChI is InChI=1S/C14H19F3N2O/c1-4-9(2)8-19-13(20)10-5-6-12(18-3)11(7-10)14(15,16)17/h5-7,9,18H,4,8H2,1-3H3,(H,19,20). The lowest BCUT2D eigenvalue weighted by molar-refractivity contribution is -0.136. The van der Waals surface area contributed by atoms with E-state index in [9.17, 15) is 18.0 Å². The molecule has 0 fully saturated rings. The van der Waals surface area contributed by atoms with Crippen molar-refractivity contribution < 1.29 is 18.0 Å². The molecule has 1 rings (SSSR count). The van der Waals surface area contributed by atoms with Crippen LogP contribution in [0.2, 0.25) is 0 Å². The van der Waals surface area contributed by atoms with E-state index in [2.05, 4.69) is 10.6 Å². The topological polar surface area (TPSA) is 41.1 Å². The number of alkyl halides is 3. The summed E-state index contributed by atoms with van der Waals surface area (Å²) in [5.41, 5.74) is -0.869. The fraction of sp³-hybridized carbons (Fsp3) is 0.500. The Hall–Kier alpha value is -1.72. The molecule has 1 aromatic carbocycles. The molecule has 0 saturated carbocycles. The van der Waals surface area contributed by atoms with E-state index in [1.807, 2.05) is 13.8 Å². The maximum atomic E-state index is 12.9. The second kappa shape index (κ2) is 6.63. The first-order valence-corrected chi connectivity index (χ1v) is 6.46. The summed E-state index contributed by atoms with van der Waals surface area (Å²) in [6.45, 7) is 4.40. The molecule has 0 aromatic heterocycles. The van der Waals surface area contributed by atoms with Crippen LogP contribution in [0, 0.1) is 5.92 Å². The van der Waals surface area contributed by atoms with Crippen LogP contribution in [-0.4, -0.2) is 19.5 Å². The monoisotopic (exact) mass is 288 g/mol. The fourth-order valence-corrected chi connectivity index (χ4v) is 1.65. The molecule has 0 aliphatic rings. The zero-order chi connectivity index (χ0) is 15.3. The van der Waals surface area contributed by atoms with Gasteiger partial charge in [-0.2, -0.15) is 13.2 Å². The number of hydrogen-bond donors (Lipinski definition) is 2. The second-order valence-corrected chi connectivity index (χ2v) is 4.73. The molecule has 0 radical (unpaired) electrons. The molecule has 1 atom stereocenters. The average Bonchev–Trinajstić information content (AvgIpc) is 2.42. The average molecular weight is 288 g/mol. The van der Waals surface area contributed by atoms with Crippen LogP contribution in [-0.2, 0) is 6.18 Å². The third-order valence-corrected chi connectivity index (χ3v) is 3.16. The molecule has 0 aliphatic carbocycles. The maximum Gasteiger partial charge on any atom is 0.418 e. The molecule has 0 saturated heterocycles.